The van der Waals surface area contributed by atoms with Crippen LogP contribution in [0.25, 0.3) is 11.5 Å². The van der Waals surface area contributed by atoms with Crippen LogP contribution in [-0.2, 0) is 16.0 Å². The fourth-order valence-corrected chi connectivity index (χ4v) is 3.89. The molecule has 7 nitrogen and oxygen atoms in total. The second-order valence-electron chi connectivity index (χ2n) is 7.83. The van der Waals surface area contributed by atoms with E-state index in [-0.39, 0.29) is 5.91 Å². The predicted molar refractivity (Wildman–Crippen MR) is 114 cm³/mol. The molecule has 0 spiro atoms. The van der Waals surface area contributed by atoms with E-state index < -0.39 is 12.1 Å². The van der Waals surface area contributed by atoms with Crippen LogP contribution in [-0.4, -0.2) is 46.2 Å². The van der Waals surface area contributed by atoms with Crippen LogP contribution in [0.2, 0.25) is 0 Å². The van der Waals surface area contributed by atoms with Gasteiger partial charge in [-0.3, -0.25) is 4.79 Å². The maximum atomic E-state index is 12.8. The molecular formula is C24H25N3O4. The third kappa shape index (κ3) is 5.17. The number of nitrogens with zero attached hydrogens (tertiary/aromatic N) is 3. The van der Waals surface area contributed by atoms with Crippen LogP contribution in [0, 0.1) is 5.92 Å². The van der Waals surface area contributed by atoms with Gasteiger partial charge >= 0.3 is 5.97 Å². The second kappa shape index (κ2) is 9.55. The molecule has 1 saturated heterocycles. The number of carbonyl (C=O) groups excluding carboxylic acids is 2. The lowest BCUT2D eigenvalue weighted by atomic mass is 9.90. The second-order valence-corrected chi connectivity index (χ2v) is 7.83. The molecule has 7 heteroatoms. The summed E-state index contributed by atoms with van der Waals surface area (Å²) in [5.74, 6) is 0.270. The Bertz CT molecular complexity index is 995. The Balaban J connectivity index is 1.27. The molecule has 2 heterocycles. The number of hydrogen-bond acceptors (Lipinski definition) is 6. The van der Waals surface area contributed by atoms with Crippen molar-refractivity contribution >= 4 is 11.9 Å². The van der Waals surface area contributed by atoms with Gasteiger partial charge in [0.1, 0.15) is 0 Å². The van der Waals surface area contributed by atoms with E-state index in [1.165, 1.54) is 12.0 Å². The Kier molecular flexibility index (Phi) is 6.40. The molecule has 0 saturated carbocycles. The zero-order valence-electron chi connectivity index (χ0n) is 17.4. The lowest BCUT2D eigenvalue weighted by Crippen LogP contribution is -2.44. The van der Waals surface area contributed by atoms with Gasteiger partial charge in [-0.05, 0) is 61.9 Å². The number of rotatable bonds is 6. The number of amides is 1. The Labute approximate surface area is 181 Å². The number of carbonyl (C=O) groups is 2. The van der Waals surface area contributed by atoms with Crippen LogP contribution in [0.4, 0.5) is 0 Å². The normalized spacial score (nSPS) is 15.5. The molecule has 0 radical (unpaired) electrons. The first kappa shape index (κ1) is 20.8. The van der Waals surface area contributed by atoms with Crippen LogP contribution in [0.1, 0.15) is 35.7 Å². The van der Waals surface area contributed by atoms with Crippen molar-refractivity contribution in [2.75, 3.05) is 13.1 Å². The van der Waals surface area contributed by atoms with Crippen LogP contribution < -0.4 is 0 Å². The molecule has 1 fully saturated rings. The Morgan fingerprint density at radius 1 is 1.10 bits per heavy atom. The first-order valence-electron chi connectivity index (χ1n) is 10.5. The van der Waals surface area contributed by atoms with E-state index in [0.29, 0.717) is 36.0 Å². The van der Waals surface area contributed by atoms with E-state index in [9.17, 15) is 9.59 Å². The molecule has 1 atom stereocenters. The van der Waals surface area contributed by atoms with Crippen molar-refractivity contribution in [1.82, 2.24) is 15.1 Å². The summed E-state index contributed by atoms with van der Waals surface area (Å²) in [5, 5.41) is 7.46. The Morgan fingerprint density at radius 3 is 2.45 bits per heavy atom. The van der Waals surface area contributed by atoms with Crippen molar-refractivity contribution < 1.29 is 18.7 Å². The molecule has 0 unspecified atom stereocenters. The Hall–Kier alpha value is -3.48. The molecule has 160 valence electrons. The minimum absolute atomic E-state index is 0.144. The largest absolute Gasteiger partial charge is 0.449 e. The SMILES string of the molecule is C[C@@H](OC(=O)c1ccc(-c2nnco2)cc1)C(=O)N1CCC(Cc2ccccc2)CC1. The van der Waals surface area contributed by atoms with Gasteiger partial charge in [0.15, 0.2) is 6.10 Å². The quantitative estimate of drug-likeness (QED) is 0.566. The number of benzene rings is 2. The molecule has 1 aliphatic rings. The summed E-state index contributed by atoms with van der Waals surface area (Å²) in [4.78, 5) is 27.0. The predicted octanol–water partition coefficient (Wildman–Crippen LogP) is 3.76. The van der Waals surface area contributed by atoms with E-state index in [1.54, 1.807) is 36.1 Å². The monoisotopic (exact) mass is 419 g/mol. The highest BCUT2D eigenvalue weighted by atomic mass is 16.5. The van der Waals surface area contributed by atoms with E-state index in [1.807, 2.05) is 6.07 Å². The lowest BCUT2D eigenvalue weighted by Gasteiger charge is -2.33. The summed E-state index contributed by atoms with van der Waals surface area (Å²) in [7, 11) is 0. The maximum Gasteiger partial charge on any atom is 0.338 e. The molecular weight excluding hydrogens is 394 g/mol. The summed E-state index contributed by atoms with van der Waals surface area (Å²) in [6.45, 7) is 3.01. The number of esters is 1. The summed E-state index contributed by atoms with van der Waals surface area (Å²) < 4.78 is 10.6. The van der Waals surface area contributed by atoms with Crippen molar-refractivity contribution in [2.24, 2.45) is 5.92 Å². The first-order chi connectivity index (χ1) is 15.1. The fraction of sp³-hybridized carbons (Fsp3) is 0.333. The zero-order chi connectivity index (χ0) is 21.6. The fourth-order valence-electron chi connectivity index (χ4n) is 3.89. The molecule has 0 bridgehead atoms. The van der Waals surface area contributed by atoms with Crippen molar-refractivity contribution in [2.45, 2.75) is 32.3 Å². The smallest absolute Gasteiger partial charge is 0.338 e. The molecule has 1 aromatic heterocycles. The van der Waals surface area contributed by atoms with Crippen molar-refractivity contribution in [3.8, 4) is 11.5 Å². The number of hydrogen-bond donors (Lipinski definition) is 0. The minimum atomic E-state index is -0.825. The number of aromatic nitrogens is 2. The minimum Gasteiger partial charge on any atom is -0.449 e. The highest BCUT2D eigenvalue weighted by molar-refractivity contribution is 5.92. The van der Waals surface area contributed by atoms with Crippen LogP contribution in [0.15, 0.2) is 65.4 Å². The van der Waals surface area contributed by atoms with Crippen molar-refractivity contribution in [3.63, 3.8) is 0 Å². The van der Waals surface area contributed by atoms with Crippen molar-refractivity contribution in [1.29, 1.82) is 0 Å². The summed E-state index contributed by atoms with van der Waals surface area (Å²) in [5.41, 5.74) is 2.40. The van der Waals surface area contributed by atoms with Gasteiger partial charge < -0.3 is 14.1 Å². The highest BCUT2D eigenvalue weighted by Gasteiger charge is 2.28. The third-order valence-corrected chi connectivity index (χ3v) is 5.65. The molecule has 1 aliphatic heterocycles. The van der Waals surface area contributed by atoms with Gasteiger partial charge in [-0.1, -0.05) is 30.3 Å². The standard InChI is InChI=1S/C24H25N3O4/c1-17(31-24(29)21-9-7-20(8-10-21)22-26-25-16-30-22)23(28)27-13-11-19(12-14-27)15-18-5-3-2-4-6-18/h2-10,16-17,19H,11-15H2,1H3/t17-/m1/s1. The van der Waals surface area contributed by atoms with Gasteiger partial charge in [0.2, 0.25) is 12.3 Å². The molecule has 1 amide bonds. The van der Waals surface area contributed by atoms with Gasteiger partial charge in [-0.25, -0.2) is 4.79 Å². The molecule has 3 aromatic rings. The maximum absolute atomic E-state index is 12.8. The highest BCUT2D eigenvalue weighted by Crippen LogP contribution is 2.23. The van der Waals surface area contributed by atoms with E-state index in [0.717, 1.165) is 19.3 Å². The number of piperidine rings is 1. The average molecular weight is 419 g/mol. The van der Waals surface area contributed by atoms with Crippen LogP contribution in [0.5, 0.6) is 0 Å². The summed E-state index contributed by atoms with van der Waals surface area (Å²) >= 11 is 0. The number of ether oxygens (including phenoxy) is 1. The Morgan fingerprint density at radius 2 is 1.81 bits per heavy atom. The van der Waals surface area contributed by atoms with Gasteiger partial charge in [0, 0.05) is 18.7 Å². The van der Waals surface area contributed by atoms with Gasteiger partial charge in [0.05, 0.1) is 5.56 Å². The first-order valence-corrected chi connectivity index (χ1v) is 10.5. The summed E-state index contributed by atoms with van der Waals surface area (Å²) in [6.07, 6.45) is 3.37. The van der Waals surface area contributed by atoms with E-state index >= 15 is 0 Å². The molecule has 4 rings (SSSR count). The van der Waals surface area contributed by atoms with E-state index in [2.05, 4.69) is 34.5 Å². The third-order valence-electron chi connectivity index (χ3n) is 5.65. The van der Waals surface area contributed by atoms with Crippen molar-refractivity contribution in [3.05, 3.63) is 72.1 Å². The lowest BCUT2D eigenvalue weighted by molar-refractivity contribution is -0.141. The topological polar surface area (TPSA) is 85.5 Å². The van der Waals surface area contributed by atoms with Crippen LogP contribution in [0.3, 0.4) is 0 Å². The molecule has 0 aliphatic carbocycles. The average Bonchev–Trinajstić information content (AvgIpc) is 3.35. The van der Waals surface area contributed by atoms with Gasteiger partial charge in [-0.15, -0.1) is 10.2 Å². The van der Waals surface area contributed by atoms with Gasteiger partial charge in [0.25, 0.3) is 5.91 Å². The molecule has 2 aromatic carbocycles. The molecule has 31 heavy (non-hydrogen) atoms. The molecule has 0 N–H and O–H groups in total. The van der Waals surface area contributed by atoms with E-state index in [4.69, 9.17) is 9.15 Å². The van der Waals surface area contributed by atoms with Gasteiger partial charge in [-0.2, -0.15) is 0 Å². The van der Waals surface area contributed by atoms with Crippen LogP contribution >= 0.6 is 0 Å². The zero-order valence-corrected chi connectivity index (χ0v) is 17.4. The number of likely N-dealkylation sites (tertiary alicyclic amines) is 1. The summed E-state index contributed by atoms with van der Waals surface area (Å²) in [6, 6.07) is 17.1.